The summed E-state index contributed by atoms with van der Waals surface area (Å²) in [5.41, 5.74) is 0.705. The van der Waals surface area contributed by atoms with Gasteiger partial charge in [-0.25, -0.2) is 9.07 Å². The molecule has 9 heteroatoms. The van der Waals surface area contributed by atoms with Crippen molar-refractivity contribution in [3.8, 4) is 0 Å². The van der Waals surface area contributed by atoms with Crippen LogP contribution in [0.25, 0.3) is 0 Å². The molecule has 0 aliphatic carbocycles. The molecule has 3 aromatic rings. The number of fused-ring (bicyclic) bond motifs is 1. The molecule has 1 aliphatic heterocycles. The Morgan fingerprint density at radius 2 is 1.96 bits per heavy atom. The molecule has 4 rings (SSSR count). The number of carbonyl (C=O) groups excluding carboxylic acids is 2. The zero-order valence-corrected chi connectivity index (χ0v) is 14.6. The van der Waals surface area contributed by atoms with Gasteiger partial charge in [0.05, 0.1) is 18.0 Å². The molecule has 2 N–H and O–H groups in total. The van der Waals surface area contributed by atoms with Crippen LogP contribution in [-0.2, 0) is 4.79 Å². The number of amides is 2. The van der Waals surface area contributed by atoms with Crippen LogP contribution in [0.3, 0.4) is 0 Å². The van der Waals surface area contributed by atoms with Crippen molar-refractivity contribution in [1.82, 2.24) is 14.8 Å². The summed E-state index contributed by atoms with van der Waals surface area (Å²) in [4.78, 5) is 28.4. The van der Waals surface area contributed by atoms with E-state index in [0.29, 0.717) is 5.02 Å². The van der Waals surface area contributed by atoms with Gasteiger partial charge < -0.3 is 0 Å². The lowest BCUT2D eigenvalue weighted by atomic mass is 10.0. The van der Waals surface area contributed by atoms with Crippen LogP contribution in [0.15, 0.2) is 48.5 Å². The van der Waals surface area contributed by atoms with E-state index >= 15 is 0 Å². The monoisotopic (exact) mass is 385 g/mol. The molecular formula is C18H13ClFN5O2. The molecule has 27 heavy (non-hydrogen) atoms. The summed E-state index contributed by atoms with van der Waals surface area (Å²) in [5, 5.41) is 9.92. The first kappa shape index (κ1) is 17.2. The van der Waals surface area contributed by atoms with Crippen molar-refractivity contribution >= 4 is 35.3 Å². The van der Waals surface area contributed by atoms with Crippen LogP contribution < -0.4 is 10.6 Å². The molecule has 0 fully saturated rings. The quantitative estimate of drug-likeness (QED) is 0.724. The van der Waals surface area contributed by atoms with Gasteiger partial charge in [0, 0.05) is 5.02 Å². The average molecular weight is 386 g/mol. The first-order valence-electron chi connectivity index (χ1n) is 8.09. The van der Waals surface area contributed by atoms with Crippen molar-refractivity contribution in [2.45, 2.75) is 12.5 Å². The van der Waals surface area contributed by atoms with E-state index in [0.717, 1.165) is 5.56 Å². The summed E-state index contributed by atoms with van der Waals surface area (Å²) >= 11 is 5.92. The molecule has 2 aromatic carbocycles. The highest BCUT2D eigenvalue weighted by atomic mass is 35.5. The molecule has 0 radical (unpaired) electrons. The van der Waals surface area contributed by atoms with Gasteiger partial charge in [0.25, 0.3) is 11.9 Å². The highest BCUT2D eigenvalue weighted by Gasteiger charge is 2.29. The molecule has 1 aliphatic rings. The molecule has 2 heterocycles. The van der Waals surface area contributed by atoms with Gasteiger partial charge in [-0.3, -0.25) is 20.2 Å². The van der Waals surface area contributed by atoms with E-state index in [1.165, 1.54) is 22.9 Å². The molecule has 136 valence electrons. The van der Waals surface area contributed by atoms with E-state index in [1.807, 2.05) is 0 Å². The Bertz CT molecular complexity index is 1030. The summed E-state index contributed by atoms with van der Waals surface area (Å²) < 4.78 is 15.3. The maximum Gasteiger partial charge on any atom is 0.261 e. The summed E-state index contributed by atoms with van der Waals surface area (Å²) in [5.74, 6) is -1.37. The predicted octanol–water partition coefficient (Wildman–Crippen LogP) is 3.25. The van der Waals surface area contributed by atoms with Crippen LogP contribution in [0.4, 0.5) is 16.3 Å². The van der Waals surface area contributed by atoms with Crippen molar-refractivity contribution in [2.75, 3.05) is 10.6 Å². The predicted molar refractivity (Wildman–Crippen MR) is 97.2 cm³/mol. The maximum absolute atomic E-state index is 13.8. The van der Waals surface area contributed by atoms with E-state index in [2.05, 4.69) is 20.7 Å². The minimum atomic E-state index is -0.676. The standard InChI is InChI=1S/C18H13ClFN5O2/c19-11-7-5-10(6-8-11)14-9-15(26)21-18-23-17(24-25(14)18)22-16(27)12-3-1-2-4-13(12)20/h1-8,14H,9H2,(H2,21,22,23,24,26,27)/t14-/m1/s1. The zero-order valence-electron chi connectivity index (χ0n) is 13.8. The van der Waals surface area contributed by atoms with Crippen molar-refractivity contribution in [1.29, 1.82) is 0 Å². The number of hydrogen-bond acceptors (Lipinski definition) is 4. The molecule has 2 amide bonds. The van der Waals surface area contributed by atoms with Crippen LogP contribution in [-0.4, -0.2) is 26.6 Å². The highest BCUT2D eigenvalue weighted by Crippen LogP contribution is 2.30. The fraction of sp³-hybridized carbons (Fsp3) is 0.111. The molecule has 1 aromatic heterocycles. The number of carbonyl (C=O) groups is 2. The second kappa shape index (κ2) is 6.81. The Morgan fingerprint density at radius 3 is 2.70 bits per heavy atom. The first-order valence-corrected chi connectivity index (χ1v) is 8.47. The summed E-state index contributed by atoms with van der Waals surface area (Å²) in [6.07, 6.45) is 0.165. The lowest BCUT2D eigenvalue weighted by molar-refractivity contribution is -0.117. The van der Waals surface area contributed by atoms with Gasteiger partial charge in [-0.2, -0.15) is 4.98 Å². The molecule has 0 saturated carbocycles. The number of rotatable bonds is 3. The second-order valence-electron chi connectivity index (χ2n) is 5.96. The first-order chi connectivity index (χ1) is 13.0. The molecule has 0 bridgehead atoms. The number of nitrogens with zero attached hydrogens (tertiary/aromatic N) is 3. The number of hydrogen-bond donors (Lipinski definition) is 2. The molecular weight excluding hydrogens is 373 g/mol. The van der Waals surface area contributed by atoms with Crippen LogP contribution in [0, 0.1) is 5.82 Å². The maximum atomic E-state index is 13.8. The van der Waals surface area contributed by atoms with Gasteiger partial charge in [0.15, 0.2) is 0 Å². The number of aromatic nitrogens is 3. The van der Waals surface area contributed by atoms with E-state index < -0.39 is 17.8 Å². The van der Waals surface area contributed by atoms with Gasteiger partial charge in [-0.15, -0.1) is 5.10 Å². The van der Waals surface area contributed by atoms with E-state index in [4.69, 9.17) is 11.6 Å². The van der Waals surface area contributed by atoms with Gasteiger partial charge >= 0.3 is 0 Å². The minimum Gasteiger partial charge on any atom is -0.295 e. The van der Waals surface area contributed by atoms with Crippen LogP contribution in [0.5, 0.6) is 0 Å². The van der Waals surface area contributed by atoms with Crippen LogP contribution in [0.2, 0.25) is 5.02 Å². The Labute approximate surface area is 158 Å². The number of benzene rings is 2. The Hall–Kier alpha value is -3.26. The van der Waals surface area contributed by atoms with E-state index in [1.54, 1.807) is 30.3 Å². The lowest BCUT2D eigenvalue weighted by Gasteiger charge is -2.23. The molecule has 0 spiro atoms. The second-order valence-corrected chi connectivity index (χ2v) is 6.39. The van der Waals surface area contributed by atoms with Crippen molar-refractivity contribution in [2.24, 2.45) is 0 Å². The number of halogens is 2. The van der Waals surface area contributed by atoms with Crippen molar-refractivity contribution in [3.63, 3.8) is 0 Å². The average Bonchev–Trinajstić information content (AvgIpc) is 3.04. The van der Waals surface area contributed by atoms with Gasteiger partial charge in [0.2, 0.25) is 11.9 Å². The number of nitrogens with one attached hydrogen (secondary N) is 2. The largest absolute Gasteiger partial charge is 0.295 e. The number of anilines is 2. The highest BCUT2D eigenvalue weighted by molar-refractivity contribution is 6.30. The van der Waals surface area contributed by atoms with Crippen molar-refractivity contribution in [3.05, 3.63) is 70.5 Å². The fourth-order valence-electron chi connectivity index (χ4n) is 2.87. The molecule has 1 atom stereocenters. The summed E-state index contributed by atoms with van der Waals surface area (Å²) in [6, 6.07) is 12.3. The zero-order chi connectivity index (χ0) is 19.0. The van der Waals surface area contributed by atoms with Gasteiger partial charge in [-0.1, -0.05) is 35.9 Å². The molecule has 7 nitrogen and oxygen atoms in total. The normalized spacial score (nSPS) is 15.8. The van der Waals surface area contributed by atoms with Gasteiger partial charge in [0.1, 0.15) is 5.82 Å². The van der Waals surface area contributed by atoms with Crippen molar-refractivity contribution < 1.29 is 14.0 Å². The van der Waals surface area contributed by atoms with E-state index in [9.17, 15) is 14.0 Å². The van der Waals surface area contributed by atoms with Crippen LogP contribution >= 0.6 is 11.6 Å². The Morgan fingerprint density at radius 1 is 1.22 bits per heavy atom. The molecule has 0 saturated heterocycles. The smallest absolute Gasteiger partial charge is 0.261 e. The topological polar surface area (TPSA) is 88.9 Å². The third kappa shape index (κ3) is 3.39. The SMILES string of the molecule is O=C1C[C@H](c2ccc(Cl)cc2)n2nc(NC(=O)c3ccccc3F)nc2N1. The Balaban J connectivity index is 1.64. The van der Waals surface area contributed by atoms with Crippen LogP contribution in [0.1, 0.15) is 28.4 Å². The summed E-state index contributed by atoms with van der Waals surface area (Å²) in [6.45, 7) is 0. The third-order valence-electron chi connectivity index (χ3n) is 4.16. The Kier molecular flexibility index (Phi) is 4.33. The summed E-state index contributed by atoms with van der Waals surface area (Å²) in [7, 11) is 0. The fourth-order valence-corrected chi connectivity index (χ4v) is 3.00. The molecule has 0 unspecified atom stereocenters. The lowest BCUT2D eigenvalue weighted by Crippen LogP contribution is -2.29. The minimum absolute atomic E-state index is 0.0283. The van der Waals surface area contributed by atoms with Gasteiger partial charge in [-0.05, 0) is 29.8 Å². The third-order valence-corrected chi connectivity index (χ3v) is 4.41. The van der Waals surface area contributed by atoms with E-state index in [-0.39, 0.29) is 29.8 Å².